The van der Waals surface area contributed by atoms with E-state index < -0.39 is 0 Å². The van der Waals surface area contributed by atoms with Crippen LogP contribution in [0.4, 0.5) is 4.39 Å². The Morgan fingerprint density at radius 1 is 1.33 bits per heavy atom. The van der Waals surface area contributed by atoms with E-state index in [-0.39, 0.29) is 5.82 Å². The lowest BCUT2D eigenvalue weighted by molar-refractivity contribution is 0.161. The van der Waals surface area contributed by atoms with Gasteiger partial charge in [-0.25, -0.2) is 4.39 Å². The largest absolute Gasteiger partial charge is 0.314 e. The van der Waals surface area contributed by atoms with Crippen LogP contribution in [-0.2, 0) is 6.42 Å². The lowest BCUT2D eigenvalue weighted by Crippen LogP contribution is -2.40. The van der Waals surface area contributed by atoms with Gasteiger partial charge in [0.2, 0.25) is 0 Å². The molecule has 118 valence electrons. The second-order valence-electron chi connectivity index (χ2n) is 7.11. The van der Waals surface area contributed by atoms with Crippen LogP contribution in [0.2, 0.25) is 5.02 Å². The number of rotatable bonds is 5. The minimum atomic E-state index is -0.200. The van der Waals surface area contributed by atoms with Crippen LogP contribution in [0.15, 0.2) is 18.2 Å². The molecule has 2 rings (SSSR count). The van der Waals surface area contributed by atoms with Gasteiger partial charge >= 0.3 is 0 Å². The van der Waals surface area contributed by atoms with Crippen LogP contribution in [0.25, 0.3) is 0 Å². The van der Waals surface area contributed by atoms with E-state index in [1.165, 1.54) is 31.7 Å². The number of hydrogen-bond donors (Lipinski definition) is 1. The molecule has 1 fully saturated rings. The Bertz CT molecular complexity index is 462. The molecule has 1 aliphatic rings. The zero-order chi connectivity index (χ0) is 15.5. The molecular formula is C18H27ClFN. The van der Waals surface area contributed by atoms with Gasteiger partial charge in [0.05, 0.1) is 0 Å². The third-order valence-electron chi connectivity index (χ3n) is 4.87. The van der Waals surface area contributed by atoms with Crippen LogP contribution in [0, 0.1) is 17.2 Å². The van der Waals surface area contributed by atoms with Gasteiger partial charge in [-0.2, -0.15) is 0 Å². The van der Waals surface area contributed by atoms with Gasteiger partial charge in [0.1, 0.15) is 5.82 Å². The Labute approximate surface area is 133 Å². The molecule has 0 spiro atoms. The van der Waals surface area contributed by atoms with E-state index >= 15 is 0 Å². The van der Waals surface area contributed by atoms with Gasteiger partial charge < -0.3 is 5.32 Å². The average Bonchev–Trinajstić information content (AvgIpc) is 2.42. The molecule has 3 heteroatoms. The van der Waals surface area contributed by atoms with Crippen molar-refractivity contribution in [2.24, 2.45) is 11.3 Å². The maximum atomic E-state index is 13.4. The van der Waals surface area contributed by atoms with E-state index in [1.54, 1.807) is 12.1 Å². The summed E-state index contributed by atoms with van der Waals surface area (Å²) in [5.74, 6) is 0.465. The molecule has 1 saturated carbocycles. The van der Waals surface area contributed by atoms with Crippen LogP contribution >= 0.6 is 11.6 Å². The molecule has 1 atom stereocenters. The Balaban J connectivity index is 2.07. The maximum Gasteiger partial charge on any atom is 0.123 e. The van der Waals surface area contributed by atoms with Crippen LogP contribution in [0.3, 0.4) is 0 Å². The van der Waals surface area contributed by atoms with Gasteiger partial charge in [-0.05, 0) is 73.7 Å². The fourth-order valence-electron chi connectivity index (χ4n) is 3.43. The SMILES string of the molecule is CCNC(Cc1cc(F)ccc1Cl)C1CCC(C)(C)CC1. The molecule has 1 unspecified atom stereocenters. The topological polar surface area (TPSA) is 12.0 Å². The fraction of sp³-hybridized carbons (Fsp3) is 0.667. The first kappa shape index (κ1) is 16.8. The number of nitrogens with one attached hydrogen (secondary N) is 1. The summed E-state index contributed by atoms with van der Waals surface area (Å²) in [4.78, 5) is 0. The lowest BCUT2D eigenvalue weighted by Gasteiger charge is -2.38. The second kappa shape index (κ2) is 7.11. The minimum absolute atomic E-state index is 0.200. The molecule has 1 aromatic rings. The van der Waals surface area contributed by atoms with Crippen molar-refractivity contribution in [1.82, 2.24) is 5.32 Å². The first-order valence-corrected chi connectivity index (χ1v) is 8.46. The molecule has 0 radical (unpaired) electrons. The molecule has 1 aromatic carbocycles. The van der Waals surface area contributed by atoms with E-state index in [1.807, 2.05) is 0 Å². The molecule has 0 aromatic heterocycles. The normalized spacial score (nSPS) is 20.4. The first-order valence-electron chi connectivity index (χ1n) is 8.08. The molecule has 1 N–H and O–H groups in total. The highest BCUT2D eigenvalue weighted by atomic mass is 35.5. The van der Waals surface area contributed by atoms with Crippen molar-refractivity contribution < 1.29 is 4.39 Å². The van der Waals surface area contributed by atoms with Gasteiger partial charge in [0.15, 0.2) is 0 Å². The van der Waals surface area contributed by atoms with Crippen LogP contribution in [0.1, 0.15) is 52.0 Å². The number of likely N-dealkylation sites (N-methyl/N-ethyl adjacent to an activating group) is 1. The Hall–Kier alpha value is -0.600. The van der Waals surface area contributed by atoms with Crippen molar-refractivity contribution in [1.29, 1.82) is 0 Å². The minimum Gasteiger partial charge on any atom is -0.314 e. The Morgan fingerprint density at radius 3 is 2.62 bits per heavy atom. The molecule has 0 bridgehead atoms. The van der Waals surface area contributed by atoms with Crippen LogP contribution in [0.5, 0.6) is 0 Å². The number of hydrogen-bond acceptors (Lipinski definition) is 1. The molecule has 1 aliphatic carbocycles. The standard InChI is InChI=1S/C18H27ClFN/c1-4-21-17(13-7-9-18(2,3)10-8-13)12-14-11-15(20)5-6-16(14)19/h5-6,11,13,17,21H,4,7-10,12H2,1-3H3. The molecule has 0 heterocycles. The van der Waals surface area contributed by atoms with Crippen LogP contribution in [-0.4, -0.2) is 12.6 Å². The van der Waals surface area contributed by atoms with Crippen molar-refractivity contribution in [2.75, 3.05) is 6.54 Å². The lowest BCUT2D eigenvalue weighted by atomic mass is 9.70. The van der Waals surface area contributed by atoms with E-state index in [9.17, 15) is 4.39 Å². The number of halogens is 2. The second-order valence-corrected chi connectivity index (χ2v) is 7.51. The molecule has 0 saturated heterocycles. The smallest absolute Gasteiger partial charge is 0.123 e. The van der Waals surface area contributed by atoms with Crippen molar-refractivity contribution in [2.45, 2.75) is 58.9 Å². The summed E-state index contributed by atoms with van der Waals surface area (Å²) in [7, 11) is 0. The summed E-state index contributed by atoms with van der Waals surface area (Å²) in [6.45, 7) is 7.79. The van der Waals surface area contributed by atoms with Gasteiger partial charge in [-0.3, -0.25) is 0 Å². The molecule has 0 aliphatic heterocycles. The molecule has 1 nitrogen and oxygen atoms in total. The third-order valence-corrected chi connectivity index (χ3v) is 5.24. The molecular weight excluding hydrogens is 285 g/mol. The summed E-state index contributed by atoms with van der Waals surface area (Å²) in [6.07, 6.45) is 5.86. The quantitative estimate of drug-likeness (QED) is 0.786. The summed E-state index contributed by atoms with van der Waals surface area (Å²) in [6, 6.07) is 5.07. The van der Waals surface area contributed by atoms with E-state index in [0.29, 0.717) is 22.4 Å². The maximum absolute atomic E-state index is 13.4. The highest BCUT2D eigenvalue weighted by Crippen LogP contribution is 2.40. The van der Waals surface area contributed by atoms with E-state index in [2.05, 4.69) is 26.1 Å². The fourth-order valence-corrected chi connectivity index (χ4v) is 3.62. The van der Waals surface area contributed by atoms with Gasteiger partial charge in [-0.15, -0.1) is 0 Å². The van der Waals surface area contributed by atoms with Gasteiger partial charge in [0, 0.05) is 11.1 Å². The highest BCUT2D eigenvalue weighted by Gasteiger charge is 2.31. The van der Waals surface area contributed by atoms with Gasteiger partial charge in [-0.1, -0.05) is 32.4 Å². The Kier molecular flexibility index (Phi) is 5.67. The summed E-state index contributed by atoms with van der Waals surface area (Å²) in [5.41, 5.74) is 1.40. The van der Waals surface area contributed by atoms with Crippen molar-refractivity contribution in [3.05, 3.63) is 34.6 Å². The molecule has 0 amide bonds. The highest BCUT2D eigenvalue weighted by molar-refractivity contribution is 6.31. The summed E-state index contributed by atoms with van der Waals surface area (Å²) < 4.78 is 13.4. The average molecular weight is 312 g/mol. The van der Waals surface area contributed by atoms with Crippen molar-refractivity contribution in [3.8, 4) is 0 Å². The summed E-state index contributed by atoms with van der Waals surface area (Å²) in [5, 5.41) is 4.27. The van der Waals surface area contributed by atoms with Crippen molar-refractivity contribution in [3.63, 3.8) is 0 Å². The van der Waals surface area contributed by atoms with Crippen molar-refractivity contribution >= 4 is 11.6 Å². The monoisotopic (exact) mass is 311 g/mol. The zero-order valence-corrected chi connectivity index (χ0v) is 14.1. The predicted molar refractivity (Wildman–Crippen MR) is 88.3 cm³/mol. The third kappa shape index (κ3) is 4.69. The van der Waals surface area contributed by atoms with Crippen LogP contribution < -0.4 is 5.32 Å². The zero-order valence-electron chi connectivity index (χ0n) is 13.4. The number of benzene rings is 1. The summed E-state index contributed by atoms with van der Waals surface area (Å²) >= 11 is 6.23. The molecule has 21 heavy (non-hydrogen) atoms. The predicted octanol–water partition coefficient (Wildman–Crippen LogP) is 5.22. The Morgan fingerprint density at radius 2 is 2.00 bits per heavy atom. The first-order chi connectivity index (χ1) is 9.91. The van der Waals surface area contributed by atoms with E-state index in [4.69, 9.17) is 11.6 Å². The van der Waals surface area contributed by atoms with Gasteiger partial charge in [0.25, 0.3) is 0 Å². The van der Waals surface area contributed by atoms with E-state index in [0.717, 1.165) is 18.5 Å².